The van der Waals surface area contributed by atoms with Crippen LogP contribution in [-0.2, 0) is 5.41 Å². The molecule has 4 aliphatic heterocycles. The first kappa shape index (κ1) is 42.8. The minimum absolute atomic E-state index is 0.105. The van der Waals surface area contributed by atoms with Crippen LogP contribution in [0, 0.1) is 0 Å². The van der Waals surface area contributed by atoms with Crippen LogP contribution in [0.2, 0.25) is 0 Å². The fraction of sp³-hybridized carbons (Fsp3) is 0.0580. The highest BCUT2D eigenvalue weighted by Gasteiger charge is 2.48. The van der Waals surface area contributed by atoms with Crippen molar-refractivity contribution >= 4 is 141 Å². The number of rotatable bonds is 5. The first-order chi connectivity index (χ1) is 37.9. The van der Waals surface area contributed by atoms with Crippen molar-refractivity contribution in [2.45, 2.75) is 26.2 Å². The van der Waals surface area contributed by atoms with Gasteiger partial charge in [0.05, 0.1) is 16.7 Å². The Labute approximate surface area is 447 Å². The molecule has 77 heavy (non-hydrogen) atoms. The fourth-order valence-electron chi connectivity index (χ4n) is 14.0. The quantitative estimate of drug-likeness (QED) is 0.161. The maximum absolute atomic E-state index is 6.30. The van der Waals surface area contributed by atoms with Crippen LogP contribution in [-0.4, -0.2) is 27.5 Å². The molecule has 0 atom stereocenters. The van der Waals surface area contributed by atoms with Gasteiger partial charge in [-0.05, 0) is 129 Å². The van der Waals surface area contributed by atoms with Gasteiger partial charge in [0, 0.05) is 78.1 Å². The zero-order valence-electron chi connectivity index (χ0n) is 42.9. The molecule has 0 spiro atoms. The van der Waals surface area contributed by atoms with Gasteiger partial charge < -0.3 is 14.0 Å². The van der Waals surface area contributed by atoms with Crippen molar-refractivity contribution < 1.29 is 0 Å². The summed E-state index contributed by atoms with van der Waals surface area (Å²) in [5, 5.41) is 5.05. The summed E-state index contributed by atoms with van der Waals surface area (Å²) in [7, 11) is 0. The lowest BCUT2D eigenvalue weighted by Crippen LogP contribution is -2.65. The van der Waals surface area contributed by atoms with Gasteiger partial charge in [-0.25, -0.2) is 4.98 Å². The molecule has 360 valence electrons. The van der Waals surface area contributed by atoms with Crippen molar-refractivity contribution in [2.24, 2.45) is 0 Å². The highest BCUT2D eigenvalue weighted by Crippen LogP contribution is 2.48. The normalized spacial score (nSPS) is 13.5. The summed E-state index contributed by atoms with van der Waals surface area (Å²) >= 11 is 0. The van der Waals surface area contributed by atoms with Crippen molar-refractivity contribution in [3.8, 4) is 11.4 Å². The van der Waals surface area contributed by atoms with Gasteiger partial charge >= 0.3 is 0 Å². The molecule has 0 amide bonds. The van der Waals surface area contributed by atoms with E-state index in [0.717, 1.165) is 45.8 Å². The van der Waals surface area contributed by atoms with E-state index in [9.17, 15) is 0 Å². The van der Waals surface area contributed by atoms with Crippen LogP contribution in [0.15, 0.2) is 237 Å². The summed E-state index contributed by atoms with van der Waals surface area (Å²) in [6.07, 6.45) is 0. The number of aromatic nitrogens is 3. The SMILES string of the molecule is CC(C)(C)c1cc2c3c(c1)-n1c4ccccc4c4cccc(c41)B3c1cc3c(nc1N2c1ccccc1)N(c1ccccc1)c1cc(N(c2ccccc2)c2ccccc2)cc2c1B3c1cccc3c4ccccc4n-2c13. The molecule has 7 heterocycles. The molecule has 0 N–H and O–H groups in total. The standard InChI is InChI=1S/C69H48B2N6/c1-69(2,3)43-38-59-63-60(39-43)76-57-36-18-16-30-49(57)51-32-20-34-53(65(51)76)70(63)55-42-56-68(72-67(55)74(59)46-26-12-6-13-27-46)75(47-28-14-7-15-29-47)61-40-48(73(44-22-8-4-9-23-44)45-24-10-5-11-25-45)41-62-64(61)71(56)54-35-21-33-52-50-31-17-19-37-58(50)77(62)66(52)54/h4-42H,1-3H3. The minimum atomic E-state index is -0.149. The van der Waals surface area contributed by atoms with E-state index in [0.29, 0.717) is 0 Å². The maximum Gasteiger partial charge on any atom is 0.254 e. The summed E-state index contributed by atoms with van der Waals surface area (Å²) in [4.78, 5) is 13.7. The topological polar surface area (TPSA) is 32.5 Å². The molecule has 4 aliphatic rings. The van der Waals surface area contributed by atoms with Crippen LogP contribution in [0.1, 0.15) is 26.3 Å². The Bertz CT molecular complexity index is 4600. The summed E-state index contributed by atoms with van der Waals surface area (Å²) < 4.78 is 5.15. The van der Waals surface area contributed by atoms with Crippen molar-refractivity contribution in [1.29, 1.82) is 0 Å². The van der Waals surface area contributed by atoms with E-state index in [2.05, 4.69) is 281 Å². The van der Waals surface area contributed by atoms with Gasteiger partial charge in [-0.2, -0.15) is 0 Å². The van der Waals surface area contributed by atoms with Gasteiger partial charge in [-0.15, -0.1) is 0 Å². The predicted octanol–water partition coefficient (Wildman–Crippen LogP) is 13.3. The summed E-state index contributed by atoms with van der Waals surface area (Å²) in [5.74, 6) is 1.88. The van der Waals surface area contributed by atoms with Gasteiger partial charge in [0.25, 0.3) is 13.4 Å². The van der Waals surface area contributed by atoms with Crippen molar-refractivity contribution in [3.05, 3.63) is 242 Å². The van der Waals surface area contributed by atoms with Crippen molar-refractivity contribution in [3.63, 3.8) is 0 Å². The second kappa shape index (κ2) is 15.5. The van der Waals surface area contributed by atoms with E-state index < -0.39 is 0 Å². The average molecular weight is 983 g/mol. The van der Waals surface area contributed by atoms with Gasteiger partial charge in [-0.1, -0.05) is 172 Å². The first-order valence-corrected chi connectivity index (χ1v) is 27.0. The molecule has 17 rings (SSSR count). The molecule has 0 saturated heterocycles. The van der Waals surface area contributed by atoms with E-state index in [1.54, 1.807) is 0 Å². The summed E-state index contributed by atoms with van der Waals surface area (Å²) in [5.41, 5.74) is 23.7. The number of fused-ring (bicyclic) bond motifs is 14. The van der Waals surface area contributed by atoms with Crippen LogP contribution < -0.4 is 47.5 Å². The van der Waals surface area contributed by atoms with Crippen LogP contribution in [0.5, 0.6) is 0 Å². The smallest absolute Gasteiger partial charge is 0.254 e. The lowest BCUT2D eigenvalue weighted by atomic mass is 9.31. The Kier molecular flexibility index (Phi) is 8.63. The number of hydrogen-bond donors (Lipinski definition) is 0. The van der Waals surface area contributed by atoms with Gasteiger partial charge in [-0.3, -0.25) is 9.80 Å². The average Bonchev–Trinajstić information content (AvgIpc) is 4.22. The third-order valence-corrected chi connectivity index (χ3v) is 17.1. The Morgan fingerprint density at radius 2 is 0.766 bits per heavy atom. The first-order valence-electron chi connectivity index (χ1n) is 27.0. The van der Waals surface area contributed by atoms with Gasteiger partial charge in [0.1, 0.15) is 11.6 Å². The monoisotopic (exact) mass is 982 g/mol. The lowest BCUT2D eigenvalue weighted by Gasteiger charge is -2.44. The second-order valence-corrected chi connectivity index (χ2v) is 22.3. The highest BCUT2D eigenvalue weighted by molar-refractivity contribution is 7.03. The Morgan fingerprint density at radius 3 is 1.26 bits per heavy atom. The number of para-hydroxylation sites is 8. The molecule has 6 nitrogen and oxygen atoms in total. The van der Waals surface area contributed by atoms with E-state index in [1.165, 1.54) is 99.0 Å². The molecule has 3 aromatic heterocycles. The number of anilines is 9. The molecule has 10 aromatic carbocycles. The van der Waals surface area contributed by atoms with E-state index in [4.69, 9.17) is 4.98 Å². The fourth-order valence-corrected chi connectivity index (χ4v) is 14.0. The number of hydrogen-bond acceptors (Lipinski definition) is 4. The Morgan fingerprint density at radius 1 is 0.364 bits per heavy atom. The lowest BCUT2D eigenvalue weighted by molar-refractivity contribution is 0.590. The summed E-state index contributed by atoms with van der Waals surface area (Å²) in [6.45, 7) is 6.78. The largest absolute Gasteiger partial charge is 0.310 e. The van der Waals surface area contributed by atoms with Crippen LogP contribution >= 0.6 is 0 Å². The molecule has 0 saturated carbocycles. The molecular formula is C69H48B2N6. The molecule has 0 aliphatic carbocycles. The highest BCUT2D eigenvalue weighted by atomic mass is 15.3. The van der Waals surface area contributed by atoms with Crippen LogP contribution in [0.4, 0.5) is 51.4 Å². The zero-order valence-corrected chi connectivity index (χ0v) is 42.9. The number of benzene rings is 10. The van der Waals surface area contributed by atoms with Crippen molar-refractivity contribution in [2.75, 3.05) is 14.7 Å². The molecule has 0 unspecified atom stereocenters. The van der Waals surface area contributed by atoms with Crippen LogP contribution in [0.3, 0.4) is 0 Å². The van der Waals surface area contributed by atoms with Crippen LogP contribution in [0.25, 0.3) is 55.0 Å². The number of nitrogens with zero attached hydrogens (tertiary/aromatic N) is 6. The Balaban J connectivity index is 1.04. The predicted molar refractivity (Wildman–Crippen MR) is 325 cm³/mol. The molecule has 0 fully saturated rings. The summed E-state index contributed by atoms with van der Waals surface area (Å²) in [6, 6.07) is 88.0. The minimum Gasteiger partial charge on any atom is -0.310 e. The van der Waals surface area contributed by atoms with E-state index in [1.807, 2.05) is 0 Å². The van der Waals surface area contributed by atoms with Gasteiger partial charge in [0.15, 0.2) is 0 Å². The zero-order chi connectivity index (χ0) is 50.8. The third kappa shape index (κ3) is 5.79. The maximum atomic E-state index is 6.30. The van der Waals surface area contributed by atoms with E-state index >= 15 is 0 Å². The molecule has 0 bridgehead atoms. The molecule has 8 heteroatoms. The van der Waals surface area contributed by atoms with Crippen molar-refractivity contribution in [1.82, 2.24) is 14.1 Å². The third-order valence-electron chi connectivity index (χ3n) is 17.1. The van der Waals surface area contributed by atoms with Gasteiger partial charge in [0.2, 0.25) is 0 Å². The molecule has 0 radical (unpaired) electrons. The molecule has 13 aromatic rings. The second-order valence-electron chi connectivity index (χ2n) is 22.3. The molecular weight excluding hydrogens is 934 g/mol. The van der Waals surface area contributed by atoms with E-state index in [-0.39, 0.29) is 18.8 Å². The Hall–Kier alpha value is -9.52. The number of pyridine rings is 1.